The average molecular weight is 419 g/mol. The molecule has 5 nitrogen and oxygen atoms in total. The Bertz CT molecular complexity index is 937. The van der Waals surface area contributed by atoms with Gasteiger partial charge in [-0.2, -0.15) is 0 Å². The van der Waals surface area contributed by atoms with E-state index < -0.39 is 15.8 Å². The van der Waals surface area contributed by atoms with Crippen molar-refractivity contribution >= 4 is 21.6 Å². The molecule has 2 aromatic rings. The lowest BCUT2D eigenvalue weighted by atomic mass is 9.94. The number of carbonyl (C=O) groups excluding carboxylic acids is 1. The Morgan fingerprint density at radius 2 is 1.59 bits per heavy atom. The van der Waals surface area contributed by atoms with Gasteiger partial charge in [0.2, 0.25) is 5.91 Å². The fourth-order valence-corrected chi connectivity index (χ4v) is 5.08. The van der Waals surface area contributed by atoms with Crippen molar-refractivity contribution in [3.63, 3.8) is 0 Å². The van der Waals surface area contributed by atoms with Gasteiger partial charge in [0.05, 0.1) is 10.6 Å². The quantitative estimate of drug-likeness (QED) is 0.709. The first-order valence-electron chi connectivity index (χ1n) is 9.89. The Kier molecular flexibility index (Phi) is 6.57. The van der Waals surface area contributed by atoms with Crippen molar-refractivity contribution in [2.24, 2.45) is 0 Å². The molecule has 2 aromatic carbocycles. The number of amides is 1. The SMILES string of the molecule is Cc1ccc(N(CC(=O)N(C)C2CCCCC2)S(=O)(=O)c2ccc(F)cc2)cc1. The van der Waals surface area contributed by atoms with Gasteiger partial charge >= 0.3 is 0 Å². The number of likely N-dealkylation sites (N-methyl/N-ethyl adjacent to an activating group) is 1. The maximum absolute atomic E-state index is 13.3. The van der Waals surface area contributed by atoms with E-state index in [1.807, 2.05) is 6.92 Å². The second-order valence-electron chi connectivity index (χ2n) is 7.60. The number of hydrogen-bond acceptors (Lipinski definition) is 3. The normalized spacial score (nSPS) is 15.1. The van der Waals surface area contributed by atoms with E-state index in [1.165, 1.54) is 18.6 Å². The molecule has 29 heavy (non-hydrogen) atoms. The van der Waals surface area contributed by atoms with E-state index in [1.54, 1.807) is 36.2 Å². The molecular formula is C22H27FN2O3S. The van der Waals surface area contributed by atoms with Gasteiger partial charge in [0.1, 0.15) is 12.4 Å². The molecule has 1 amide bonds. The van der Waals surface area contributed by atoms with Crippen LogP contribution in [-0.4, -0.2) is 38.9 Å². The summed E-state index contributed by atoms with van der Waals surface area (Å²) >= 11 is 0. The third kappa shape index (κ3) is 4.96. The van der Waals surface area contributed by atoms with E-state index >= 15 is 0 Å². The highest BCUT2D eigenvalue weighted by Gasteiger charge is 2.30. The first kappa shape index (κ1) is 21.3. The van der Waals surface area contributed by atoms with Crippen LogP contribution in [0.2, 0.25) is 0 Å². The minimum Gasteiger partial charge on any atom is -0.341 e. The Morgan fingerprint density at radius 1 is 1.00 bits per heavy atom. The molecule has 1 aliphatic carbocycles. The number of sulfonamides is 1. The zero-order valence-corrected chi connectivity index (χ0v) is 17.7. The van der Waals surface area contributed by atoms with Crippen LogP contribution >= 0.6 is 0 Å². The van der Waals surface area contributed by atoms with E-state index in [9.17, 15) is 17.6 Å². The minimum atomic E-state index is -4.02. The Balaban J connectivity index is 1.91. The predicted octanol–water partition coefficient (Wildman–Crippen LogP) is 4.12. The molecule has 0 N–H and O–H groups in total. The van der Waals surface area contributed by atoms with Crippen molar-refractivity contribution < 1.29 is 17.6 Å². The summed E-state index contributed by atoms with van der Waals surface area (Å²) in [5, 5.41) is 0. The van der Waals surface area contributed by atoms with Gasteiger partial charge in [-0.1, -0.05) is 37.0 Å². The average Bonchev–Trinajstić information content (AvgIpc) is 2.73. The maximum Gasteiger partial charge on any atom is 0.264 e. The van der Waals surface area contributed by atoms with Gasteiger partial charge in [0.25, 0.3) is 10.0 Å². The standard InChI is InChI=1S/C22H27FN2O3S/c1-17-8-12-20(13-9-17)25(29(27,28)21-14-10-18(23)11-15-21)16-22(26)24(2)19-6-4-3-5-7-19/h8-15,19H,3-7,16H2,1-2H3. The van der Waals surface area contributed by atoms with Gasteiger partial charge in [0, 0.05) is 13.1 Å². The third-order valence-corrected chi connectivity index (χ3v) is 7.31. The fourth-order valence-electron chi connectivity index (χ4n) is 3.67. The molecule has 0 aliphatic heterocycles. The van der Waals surface area contributed by atoms with E-state index in [0.717, 1.165) is 47.7 Å². The highest BCUT2D eigenvalue weighted by atomic mass is 32.2. The first-order chi connectivity index (χ1) is 13.8. The van der Waals surface area contributed by atoms with Crippen molar-refractivity contribution in [3.05, 3.63) is 59.9 Å². The third-order valence-electron chi connectivity index (χ3n) is 5.52. The monoisotopic (exact) mass is 418 g/mol. The number of rotatable bonds is 6. The highest BCUT2D eigenvalue weighted by molar-refractivity contribution is 7.92. The summed E-state index contributed by atoms with van der Waals surface area (Å²) < 4.78 is 41.0. The Hall–Kier alpha value is -2.41. The summed E-state index contributed by atoms with van der Waals surface area (Å²) in [6.07, 6.45) is 5.22. The molecule has 0 spiro atoms. The zero-order valence-electron chi connectivity index (χ0n) is 16.8. The second kappa shape index (κ2) is 8.95. The molecule has 0 atom stereocenters. The van der Waals surface area contributed by atoms with Crippen LogP contribution in [-0.2, 0) is 14.8 Å². The van der Waals surface area contributed by atoms with Crippen molar-refractivity contribution in [3.8, 4) is 0 Å². The molecule has 1 saturated carbocycles. The van der Waals surface area contributed by atoms with Crippen molar-refractivity contribution in [1.82, 2.24) is 4.90 Å². The maximum atomic E-state index is 13.3. The molecule has 7 heteroatoms. The van der Waals surface area contributed by atoms with Gasteiger partial charge in [-0.25, -0.2) is 12.8 Å². The second-order valence-corrected chi connectivity index (χ2v) is 9.46. The molecule has 156 valence electrons. The van der Waals surface area contributed by atoms with Crippen LogP contribution in [0.4, 0.5) is 10.1 Å². The molecule has 0 unspecified atom stereocenters. The van der Waals surface area contributed by atoms with Gasteiger partial charge < -0.3 is 4.90 Å². The van der Waals surface area contributed by atoms with Crippen molar-refractivity contribution in [1.29, 1.82) is 0 Å². The van der Waals surface area contributed by atoms with E-state index in [-0.39, 0.29) is 23.4 Å². The summed E-state index contributed by atoms with van der Waals surface area (Å²) in [5.41, 5.74) is 1.39. The van der Waals surface area contributed by atoms with Gasteiger partial charge in [-0.3, -0.25) is 9.10 Å². The van der Waals surface area contributed by atoms with Gasteiger partial charge in [0.15, 0.2) is 0 Å². The molecule has 0 heterocycles. The number of aryl methyl sites for hydroxylation is 1. The molecule has 0 saturated heterocycles. The molecule has 0 bridgehead atoms. The van der Waals surface area contributed by atoms with Crippen LogP contribution < -0.4 is 4.31 Å². The predicted molar refractivity (Wildman–Crippen MR) is 112 cm³/mol. The van der Waals surface area contributed by atoms with E-state index in [2.05, 4.69) is 0 Å². The van der Waals surface area contributed by atoms with Gasteiger partial charge in [-0.05, 0) is 56.2 Å². The topological polar surface area (TPSA) is 57.7 Å². The highest BCUT2D eigenvalue weighted by Crippen LogP contribution is 2.26. The smallest absolute Gasteiger partial charge is 0.264 e. The molecule has 0 aromatic heterocycles. The number of benzene rings is 2. The molecule has 0 radical (unpaired) electrons. The largest absolute Gasteiger partial charge is 0.341 e. The number of nitrogens with zero attached hydrogens (tertiary/aromatic N) is 2. The molecular weight excluding hydrogens is 391 g/mol. The lowest BCUT2D eigenvalue weighted by molar-refractivity contribution is -0.130. The van der Waals surface area contributed by atoms with Crippen molar-refractivity contribution in [2.45, 2.75) is 50.0 Å². The fraction of sp³-hybridized carbons (Fsp3) is 0.409. The number of halogens is 1. The Labute approximate surface area is 172 Å². The van der Waals surface area contributed by atoms with Crippen molar-refractivity contribution in [2.75, 3.05) is 17.9 Å². The minimum absolute atomic E-state index is 0.0485. The van der Waals surface area contributed by atoms with Crippen LogP contribution in [0, 0.1) is 12.7 Å². The Morgan fingerprint density at radius 3 is 2.17 bits per heavy atom. The number of hydrogen-bond donors (Lipinski definition) is 0. The zero-order chi connectivity index (χ0) is 21.0. The summed E-state index contributed by atoms with van der Waals surface area (Å²) in [6.45, 7) is 1.61. The summed E-state index contributed by atoms with van der Waals surface area (Å²) in [5.74, 6) is -0.762. The number of anilines is 1. The summed E-state index contributed by atoms with van der Waals surface area (Å²) in [6, 6.07) is 11.8. The lowest BCUT2D eigenvalue weighted by Gasteiger charge is -2.33. The first-order valence-corrected chi connectivity index (χ1v) is 11.3. The van der Waals surface area contributed by atoms with E-state index in [4.69, 9.17) is 0 Å². The van der Waals surface area contributed by atoms with Crippen LogP contribution in [0.15, 0.2) is 53.4 Å². The van der Waals surface area contributed by atoms with E-state index in [0.29, 0.717) is 5.69 Å². The summed E-state index contributed by atoms with van der Waals surface area (Å²) in [7, 11) is -2.28. The molecule has 1 fully saturated rings. The van der Waals surface area contributed by atoms with Crippen LogP contribution in [0.5, 0.6) is 0 Å². The van der Waals surface area contributed by atoms with Crippen LogP contribution in [0.1, 0.15) is 37.7 Å². The van der Waals surface area contributed by atoms with Crippen LogP contribution in [0.25, 0.3) is 0 Å². The molecule has 3 rings (SSSR count). The molecule has 1 aliphatic rings. The van der Waals surface area contributed by atoms with Crippen LogP contribution in [0.3, 0.4) is 0 Å². The van der Waals surface area contributed by atoms with Gasteiger partial charge in [-0.15, -0.1) is 0 Å². The lowest BCUT2D eigenvalue weighted by Crippen LogP contribution is -2.45. The summed E-state index contributed by atoms with van der Waals surface area (Å²) in [4.78, 5) is 14.6. The number of carbonyl (C=O) groups is 1.